The smallest absolute Gasteiger partial charge is 0.142 e. The molecular formula is C13H16Cl2FNS. The summed E-state index contributed by atoms with van der Waals surface area (Å²) in [6.45, 7) is 1.98. The summed E-state index contributed by atoms with van der Waals surface area (Å²) in [7, 11) is 0. The number of benzene rings is 1. The Balaban J connectivity index is 2.12. The molecule has 1 heterocycles. The molecule has 0 saturated carbocycles. The van der Waals surface area contributed by atoms with E-state index < -0.39 is 5.82 Å². The molecule has 0 spiro atoms. The predicted molar refractivity (Wildman–Crippen MR) is 78.3 cm³/mol. The Morgan fingerprint density at radius 1 is 1.44 bits per heavy atom. The topological polar surface area (TPSA) is 12.0 Å². The van der Waals surface area contributed by atoms with Crippen LogP contribution < -0.4 is 5.32 Å². The molecule has 1 saturated heterocycles. The quantitative estimate of drug-likeness (QED) is 0.814. The summed E-state index contributed by atoms with van der Waals surface area (Å²) in [6.07, 6.45) is 2.38. The monoisotopic (exact) mass is 307 g/mol. The van der Waals surface area contributed by atoms with Gasteiger partial charge in [-0.05, 0) is 37.7 Å². The molecule has 2 unspecified atom stereocenters. The fraction of sp³-hybridized carbons (Fsp3) is 0.538. The highest BCUT2D eigenvalue weighted by atomic mass is 35.5. The van der Waals surface area contributed by atoms with Gasteiger partial charge in [-0.2, -0.15) is 11.8 Å². The van der Waals surface area contributed by atoms with E-state index in [0.29, 0.717) is 16.6 Å². The van der Waals surface area contributed by atoms with Crippen molar-refractivity contribution in [1.29, 1.82) is 0 Å². The molecule has 2 atom stereocenters. The van der Waals surface area contributed by atoms with Crippen LogP contribution in [0, 0.1) is 5.82 Å². The summed E-state index contributed by atoms with van der Waals surface area (Å²) in [5.74, 6) is 1.91. The van der Waals surface area contributed by atoms with E-state index in [1.807, 2.05) is 18.7 Å². The van der Waals surface area contributed by atoms with Crippen molar-refractivity contribution in [3.05, 3.63) is 33.6 Å². The van der Waals surface area contributed by atoms with E-state index in [1.165, 1.54) is 18.2 Å². The van der Waals surface area contributed by atoms with E-state index >= 15 is 0 Å². The number of hydrogen-bond donors (Lipinski definition) is 1. The lowest BCUT2D eigenvalue weighted by molar-refractivity contribution is 0.451. The minimum absolute atomic E-state index is 0.0376. The highest BCUT2D eigenvalue weighted by Gasteiger charge is 2.21. The third-order valence-corrected chi connectivity index (χ3v) is 5.09. The van der Waals surface area contributed by atoms with Crippen molar-refractivity contribution in [1.82, 2.24) is 5.32 Å². The number of rotatable bonds is 3. The van der Waals surface area contributed by atoms with Crippen LogP contribution in [0.3, 0.4) is 0 Å². The van der Waals surface area contributed by atoms with Gasteiger partial charge in [0.2, 0.25) is 0 Å². The Bertz CT molecular complexity index is 422. The van der Waals surface area contributed by atoms with E-state index in [-0.39, 0.29) is 11.1 Å². The first-order valence-electron chi connectivity index (χ1n) is 6.06. The molecule has 0 amide bonds. The summed E-state index contributed by atoms with van der Waals surface area (Å²) in [6, 6.07) is 3.28. The molecule has 1 N–H and O–H groups in total. The molecule has 0 radical (unpaired) electrons. The number of nitrogens with one attached hydrogen (secondary N) is 1. The molecule has 0 aromatic heterocycles. The summed E-state index contributed by atoms with van der Waals surface area (Å²) >= 11 is 14.1. The lowest BCUT2D eigenvalue weighted by Gasteiger charge is -2.27. The molecule has 1 aromatic rings. The van der Waals surface area contributed by atoms with E-state index in [0.717, 1.165) is 12.2 Å². The van der Waals surface area contributed by atoms with Crippen LogP contribution in [-0.4, -0.2) is 17.5 Å². The van der Waals surface area contributed by atoms with Crippen molar-refractivity contribution >= 4 is 35.0 Å². The zero-order chi connectivity index (χ0) is 13.1. The average Bonchev–Trinajstić information content (AvgIpc) is 2.36. The molecule has 100 valence electrons. The van der Waals surface area contributed by atoms with Crippen LogP contribution in [0.4, 0.5) is 4.39 Å². The van der Waals surface area contributed by atoms with Crippen LogP contribution in [0.25, 0.3) is 0 Å². The predicted octanol–water partition coefficient (Wildman–Crippen LogP) is 4.68. The number of hydrogen-bond acceptors (Lipinski definition) is 2. The van der Waals surface area contributed by atoms with Crippen LogP contribution in [0.15, 0.2) is 12.1 Å². The molecule has 1 aromatic carbocycles. The van der Waals surface area contributed by atoms with Crippen LogP contribution in [-0.2, 0) is 0 Å². The van der Waals surface area contributed by atoms with Gasteiger partial charge in [-0.3, -0.25) is 0 Å². The molecule has 0 aliphatic carbocycles. The second-order valence-corrected chi connectivity index (χ2v) is 6.49. The lowest BCUT2D eigenvalue weighted by Crippen LogP contribution is -2.35. The zero-order valence-electron chi connectivity index (χ0n) is 10.2. The van der Waals surface area contributed by atoms with Gasteiger partial charge >= 0.3 is 0 Å². The lowest BCUT2D eigenvalue weighted by atomic mass is 10.1. The average molecular weight is 308 g/mol. The van der Waals surface area contributed by atoms with Gasteiger partial charge in [-0.15, -0.1) is 0 Å². The molecular weight excluding hydrogens is 292 g/mol. The minimum Gasteiger partial charge on any atom is -0.307 e. The van der Waals surface area contributed by atoms with Crippen LogP contribution >= 0.6 is 35.0 Å². The first-order valence-corrected chi connectivity index (χ1v) is 7.98. The Kier molecular flexibility index (Phi) is 5.19. The van der Waals surface area contributed by atoms with Gasteiger partial charge in [0.15, 0.2) is 0 Å². The molecule has 1 nitrogen and oxygen atoms in total. The first kappa shape index (κ1) is 14.4. The SMILES string of the molecule is CC(NC1CCCSC1)c1c(Cl)ccc(F)c1Cl. The van der Waals surface area contributed by atoms with Crippen molar-refractivity contribution in [2.45, 2.75) is 31.8 Å². The van der Waals surface area contributed by atoms with Crippen molar-refractivity contribution in [3.8, 4) is 0 Å². The summed E-state index contributed by atoms with van der Waals surface area (Å²) in [5, 5.41) is 4.14. The van der Waals surface area contributed by atoms with E-state index in [9.17, 15) is 4.39 Å². The maximum atomic E-state index is 13.5. The van der Waals surface area contributed by atoms with E-state index in [2.05, 4.69) is 5.32 Å². The summed E-state index contributed by atoms with van der Waals surface area (Å²) in [4.78, 5) is 0. The van der Waals surface area contributed by atoms with Gasteiger partial charge in [-0.1, -0.05) is 23.2 Å². The summed E-state index contributed by atoms with van der Waals surface area (Å²) in [5.41, 5.74) is 0.661. The second kappa shape index (κ2) is 6.47. The van der Waals surface area contributed by atoms with E-state index in [1.54, 1.807) is 6.07 Å². The largest absolute Gasteiger partial charge is 0.307 e. The van der Waals surface area contributed by atoms with Gasteiger partial charge in [0.1, 0.15) is 5.82 Å². The Morgan fingerprint density at radius 3 is 2.89 bits per heavy atom. The van der Waals surface area contributed by atoms with Crippen molar-refractivity contribution < 1.29 is 4.39 Å². The van der Waals surface area contributed by atoms with Crippen LogP contribution in [0.5, 0.6) is 0 Å². The maximum absolute atomic E-state index is 13.5. The zero-order valence-corrected chi connectivity index (χ0v) is 12.5. The molecule has 1 fully saturated rings. The highest BCUT2D eigenvalue weighted by Crippen LogP contribution is 2.33. The Hall–Kier alpha value is 0.0400. The van der Waals surface area contributed by atoms with Gasteiger partial charge in [0.05, 0.1) is 5.02 Å². The maximum Gasteiger partial charge on any atom is 0.142 e. The molecule has 2 rings (SSSR count). The third-order valence-electron chi connectivity index (χ3n) is 3.16. The second-order valence-electron chi connectivity index (χ2n) is 4.56. The summed E-state index contributed by atoms with van der Waals surface area (Å²) < 4.78 is 13.5. The van der Waals surface area contributed by atoms with Gasteiger partial charge in [0.25, 0.3) is 0 Å². The van der Waals surface area contributed by atoms with Crippen LogP contribution in [0.2, 0.25) is 10.0 Å². The Morgan fingerprint density at radius 2 is 2.22 bits per heavy atom. The normalized spacial score (nSPS) is 21.9. The molecule has 0 bridgehead atoms. The third kappa shape index (κ3) is 3.32. The van der Waals surface area contributed by atoms with Crippen molar-refractivity contribution in [3.63, 3.8) is 0 Å². The van der Waals surface area contributed by atoms with Crippen molar-refractivity contribution in [2.75, 3.05) is 11.5 Å². The minimum atomic E-state index is -0.414. The van der Waals surface area contributed by atoms with E-state index in [4.69, 9.17) is 23.2 Å². The molecule has 1 aliphatic heterocycles. The van der Waals surface area contributed by atoms with Gasteiger partial charge < -0.3 is 5.32 Å². The molecule has 18 heavy (non-hydrogen) atoms. The van der Waals surface area contributed by atoms with Gasteiger partial charge in [-0.25, -0.2) is 4.39 Å². The number of thioether (sulfide) groups is 1. The molecule has 5 heteroatoms. The van der Waals surface area contributed by atoms with Gasteiger partial charge in [0, 0.05) is 28.4 Å². The molecule has 1 aliphatic rings. The first-order chi connectivity index (χ1) is 8.59. The number of halogens is 3. The van der Waals surface area contributed by atoms with Crippen LogP contribution in [0.1, 0.15) is 31.4 Å². The van der Waals surface area contributed by atoms with Crippen molar-refractivity contribution in [2.24, 2.45) is 0 Å². The fourth-order valence-electron chi connectivity index (χ4n) is 2.25. The Labute approximate surface area is 121 Å². The fourth-order valence-corrected chi connectivity index (χ4v) is 4.03. The standard InChI is InChI=1S/C13H16Cl2FNS/c1-8(17-9-3-2-6-18-7-9)12-10(14)4-5-11(16)13(12)15/h4-5,8-9,17H,2-3,6-7H2,1H3. The highest BCUT2D eigenvalue weighted by molar-refractivity contribution is 7.99.